The van der Waals surface area contributed by atoms with E-state index >= 15 is 0 Å². The Morgan fingerprint density at radius 1 is 1.47 bits per heavy atom. The molecule has 0 amide bonds. The standard InChI is InChI=1S/C12H24N4S/c1-5-12(6-2,16(3)4)11(15-13)7-10-8-14-9-17-10/h8-9,11,15H,5-7,13H2,1-4H3. The highest BCUT2D eigenvalue weighted by atomic mass is 32.1. The summed E-state index contributed by atoms with van der Waals surface area (Å²) in [6, 6.07) is 0.243. The van der Waals surface area contributed by atoms with Crippen molar-refractivity contribution in [1.29, 1.82) is 0 Å². The van der Waals surface area contributed by atoms with E-state index in [4.69, 9.17) is 5.84 Å². The topological polar surface area (TPSA) is 54.2 Å². The minimum absolute atomic E-state index is 0.0960. The molecule has 1 aromatic heterocycles. The van der Waals surface area contributed by atoms with Gasteiger partial charge < -0.3 is 4.90 Å². The van der Waals surface area contributed by atoms with Gasteiger partial charge >= 0.3 is 0 Å². The Labute approximate surface area is 108 Å². The van der Waals surface area contributed by atoms with Gasteiger partial charge in [-0.15, -0.1) is 11.3 Å². The van der Waals surface area contributed by atoms with Gasteiger partial charge in [0, 0.05) is 29.1 Å². The van der Waals surface area contributed by atoms with Crippen molar-refractivity contribution in [2.45, 2.75) is 44.7 Å². The molecule has 0 aliphatic rings. The number of nitrogens with zero attached hydrogens (tertiary/aromatic N) is 2. The van der Waals surface area contributed by atoms with E-state index in [9.17, 15) is 0 Å². The van der Waals surface area contributed by atoms with E-state index in [0.717, 1.165) is 19.3 Å². The van der Waals surface area contributed by atoms with Crippen molar-refractivity contribution in [2.75, 3.05) is 14.1 Å². The van der Waals surface area contributed by atoms with Crippen molar-refractivity contribution in [3.05, 3.63) is 16.6 Å². The Hall–Kier alpha value is -0.490. The summed E-state index contributed by atoms with van der Waals surface area (Å²) in [6.45, 7) is 4.45. The molecule has 1 heterocycles. The van der Waals surface area contributed by atoms with Crippen molar-refractivity contribution in [2.24, 2.45) is 5.84 Å². The first kappa shape index (κ1) is 14.6. The monoisotopic (exact) mass is 256 g/mol. The number of aromatic nitrogens is 1. The Morgan fingerprint density at radius 3 is 2.47 bits per heavy atom. The second-order valence-corrected chi connectivity index (χ2v) is 5.57. The zero-order valence-corrected chi connectivity index (χ0v) is 12.0. The van der Waals surface area contributed by atoms with Gasteiger partial charge in [0.1, 0.15) is 0 Å². The summed E-state index contributed by atoms with van der Waals surface area (Å²) in [5, 5.41) is 0. The summed E-state index contributed by atoms with van der Waals surface area (Å²) < 4.78 is 0. The number of hydrazine groups is 1. The SMILES string of the molecule is CCC(CC)(C(Cc1cncs1)NN)N(C)C. The van der Waals surface area contributed by atoms with Crippen LogP contribution in [0.2, 0.25) is 0 Å². The minimum Gasteiger partial charge on any atom is -0.302 e. The Balaban J connectivity index is 2.89. The van der Waals surface area contributed by atoms with Crippen LogP contribution < -0.4 is 11.3 Å². The van der Waals surface area contributed by atoms with E-state index in [-0.39, 0.29) is 11.6 Å². The summed E-state index contributed by atoms with van der Waals surface area (Å²) >= 11 is 1.69. The Kier molecular flexibility index (Phi) is 5.52. The lowest BCUT2D eigenvalue weighted by Crippen LogP contribution is -2.61. The molecule has 0 saturated heterocycles. The van der Waals surface area contributed by atoms with E-state index < -0.39 is 0 Å². The van der Waals surface area contributed by atoms with E-state index in [1.807, 2.05) is 11.7 Å². The number of hydrogen-bond acceptors (Lipinski definition) is 5. The van der Waals surface area contributed by atoms with Gasteiger partial charge in [-0.2, -0.15) is 0 Å². The second kappa shape index (κ2) is 6.44. The van der Waals surface area contributed by atoms with Crippen LogP contribution in [0.3, 0.4) is 0 Å². The van der Waals surface area contributed by atoms with Crippen LogP contribution in [0.25, 0.3) is 0 Å². The molecule has 17 heavy (non-hydrogen) atoms. The summed E-state index contributed by atoms with van der Waals surface area (Å²) in [4.78, 5) is 7.69. The van der Waals surface area contributed by atoms with Crippen LogP contribution in [0.4, 0.5) is 0 Å². The Bertz CT molecular complexity index is 306. The quantitative estimate of drug-likeness (QED) is 0.575. The van der Waals surface area contributed by atoms with Gasteiger partial charge in [0.05, 0.1) is 5.51 Å². The van der Waals surface area contributed by atoms with Gasteiger partial charge in [-0.25, -0.2) is 0 Å². The van der Waals surface area contributed by atoms with Crippen LogP contribution in [0.15, 0.2) is 11.7 Å². The molecule has 1 aromatic rings. The fraction of sp³-hybridized carbons (Fsp3) is 0.750. The van der Waals surface area contributed by atoms with E-state index in [2.05, 4.69) is 43.3 Å². The highest BCUT2D eigenvalue weighted by Crippen LogP contribution is 2.28. The Morgan fingerprint density at radius 2 is 2.12 bits per heavy atom. The average Bonchev–Trinajstić information content (AvgIpc) is 2.82. The molecular formula is C12H24N4S. The summed E-state index contributed by atoms with van der Waals surface area (Å²) in [5.74, 6) is 5.77. The van der Waals surface area contributed by atoms with Crippen molar-refractivity contribution in [1.82, 2.24) is 15.3 Å². The number of nitrogens with two attached hydrogens (primary N) is 1. The lowest BCUT2D eigenvalue weighted by atomic mass is 9.81. The lowest BCUT2D eigenvalue weighted by Gasteiger charge is -2.44. The zero-order chi connectivity index (χ0) is 12.9. The molecular weight excluding hydrogens is 232 g/mol. The van der Waals surface area contributed by atoms with Gasteiger partial charge in [0.25, 0.3) is 0 Å². The summed E-state index contributed by atoms with van der Waals surface area (Å²) in [7, 11) is 4.26. The molecule has 0 spiro atoms. The molecule has 5 heteroatoms. The molecule has 0 aliphatic heterocycles. The zero-order valence-electron chi connectivity index (χ0n) is 11.2. The molecule has 3 N–H and O–H groups in total. The minimum atomic E-state index is 0.0960. The fourth-order valence-corrected chi connectivity index (χ4v) is 3.28. The smallest absolute Gasteiger partial charge is 0.0794 e. The molecule has 0 bridgehead atoms. The first-order valence-electron chi connectivity index (χ1n) is 6.11. The molecule has 0 aliphatic carbocycles. The molecule has 1 atom stereocenters. The molecule has 0 aromatic carbocycles. The van der Waals surface area contributed by atoms with Crippen molar-refractivity contribution < 1.29 is 0 Å². The van der Waals surface area contributed by atoms with Gasteiger partial charge in [-0.3, -0.25) is 16.3 Å². The van der Waals surface area contributed by atoms with Gasteiger partial charge in [-0.05, 0) is 26.9 Å². The number of rotatable bonds is 7. The van der Waals surface area contributed by atoms with Gasteiger partial charge in [0.2, 0.25) is 0 Å². The maximum Gasteiger partial charge on any atom is 0.0794 e. The maximum atomic E-state index is 5.77. The fourth-order valence-electron chi connectivity index (χ4n) is 2.64. The highest BCUT2D eigenvalue weighted by Gasteiger charge is 2.37. The largest absolute Gasteiger partial charge is 0.302 e. The van der Waals surface area contributed by atoms with E-state index in [1.54, 1.807) is 11.3 Å². The molecule has 98 valence electrons. The highest BCUT2D eigenvalue weighted by molar-refractivity contribution is 7.09. The third-order valence-electron chi connectivity index (χ3n) is 3.85. The van der Waals surface area contributed by atoms with Crippen LogP contribution in [-0.4, -0.2) is 35.6 Å². The van der Waals surface area contributed by atoms with Gasteiger partial charge in [0.15, 0.2) is 0 Å². The number of nitrogens with one attached hydrogen (secondary N) is 1. The molecule has 1 rings (SSSR count). The maximum absolute atomic E-state index is 5.77. The van der Waals surface area contributed by atoms with Crippen LogP contribution in [-0.2, 0) is 6.42 Å². The van der Waals surface area contributed by atoms with Crippen LogP contribution in [0, 0.1) is 0 Å². The molecule has 0 saturated carbocycles. The predicted octanol–water partition coefficient (Wildman–Crippen LogP) is 1.64. The molecule has 4 nitrogen and oxygen atoms in total. The number of likely N-dealkylation sites (N-methyl/N-ethyl adjacent to an activating group) is 1. The summed E-state index contributed by atoms with van der Waals surface area (Å²) in [5.41, 5.74) is 4.97. The van der Waals surface area contributed by atoms with E-state index in [1.165, 1.54) is 4.88 Å². The first-order chi connectivity index (χ1) is 8.10. The number of hydrogen-bond donors (Lipinski definition) is 2. The summed E-state index contributed by atoms with van der Waals surface area (Å²) in [6.07, 6.45) is 5.01. The normalized spacial score (nSPS) is 14.2. The predicted molar refractivity (Wildman–Crippen MR) is 73.9 cm³/mol. The van der Waals surface area contributed by atoms with E-state index in [0.29, 0.717) is 0 Å². The first-order valence-corrected chi connectivity index (χ1v) is 6.99. The molecule has 0 radical (unpaired) electrons. The second-order valence-electron chi connectivity index (χ2n) is 4.60. The molecule has 1 unspecified atom stereocenters. The average molecular weight is 256 g/mol. The third kappa shape index (κ3) is 3.04. The van der Waals surface area contributed by atoms with Gasteiger partial charge in [-0.1, -0.05) is 13.8 Å². The van der Waals surface area contributed by atoms with Crippen molar-refractivity contribution in [3.8, 4) is 0 Å². The van der Waals surface area contributed by atoms with Crippen molar-refractivity contribution in [3.63, 3.8) is 0 Å². The van der Waals surface area contributed by atoms with Crippen LogP contribution >= 0.6 is 11.3 Å². The third-order valence-corrected chi connectivity index (χ3v) is 4.66. The number of thiazole rings is 1. The van der Waals surface area contributed by atoms with Crippen LogP contribution in [0.5, 0.6) is 0 Å². The van der Waals surface area contributed by atoms with Crippen molar-refractivity contribution >= 4 is 11.3 Å². The molecule has 0 fully saturated rings. The lowest BCUT2D eigenvalue weighted by molar-refractivity contribution is 0.0885. The van der Waals surface area contributed by atoms with Crippen LogP contribution in [0.1, 0.15) is 31.6 Å².